The molecule has 2 N–H and O–H groups in total. The summed E-state index contributed by atoms with van der Waals surface area (Å²) in [5.74, 6) is 0. The average Bonchev–Trinajstić information content (AvgIpc) is 2.32. The predicted molar refractivity (Wildman–Crippen MR) is 73.4 cm³/mol. The van der Waals surface area contributed by atoms with Crippen molar-refractivity contribution in [3.63, 3.8) is 0 Å². The third-order valence-corrected chi connectivity index (χ3v) is 2.92. The van der Waals surface area contributed by atoms with Gasteiger partial charge in [0.2, 0.25) is 0 Å². The van der Waals surface area contributed by atoms with Crippen molar-refractivity contribution in [1.82, 2.24) is 4.90 Å². The molecule has 0 radical (unpaired) electrons. The number of nitrogens with zero attached hydrogens (tertiary/aromatic N) is 2. The molecule has 1 aromatic rings. The van der Waals surface area contributed by atoms with Crippen LogP contribution in [-0.4, -0.2) is 23.4 Å². The third kappa shape index (κ3) is 4.33. The van der Waals surface area contributed by atoms with Crippen LogP contribution in [0.2, 0.25) is 0 Å². The Morgan fingerprint density at radius 3 is 2.72 bits per heavy atom. The van der Waals surface area contributed by atoms with Crippen LogP contribution in [0, 0.1) is 10.1 Å². The van der Waals surface area contributed by atoms with E-state index in [2.05, 4.69) is 11.8 Å². The zero-order chi connectivity index (χ0) is 13.5. The summed E-state index contributed by atoms with van der Waals surface area (Å²) in [6.45, 7) is 3.80. The number of hydrogen-bond donors (Lipinski definition) is 1. The van der Waals surface area contributed by atoms with Crippen LogP contribution < -0.4 is 5.73 Å². The van der Waals surface area contributed by atoms with E-state index in [1.807, 2.05) is 7.05 Å². The second kappa shape index (κ2) is 6.96. The van der Waals surface area contributed by atoms with Gasteiger partial charge in [0.25, 0.3) is 5.69 Å². The fourth-order valence-electron chi connectivity index (χ4n) is 1.84. The highest BCUT2D eigenvalue weighted by Gasteiger charge is 2.10. The lowest BCUT2D eigenvalue weighted by Gasteiger charge is -2.17. The van der Waals surface area contributed by atoms with Crippen molar-refractivity contribution in [2.75, 3.05) is 19.3 Å². The van der Waals surface area contributed by atoms with Crippen molar-refractivity contribution in [2.45, 2.75) is 32.7 Å². The number of nitrogens with two attached hydrogens (primary N) is 1. The largest absolute Gasteiger partial charge is 0.398 e. The maximum absolute atomic E-state index is 10.7. The lowest BCUT2D eigenvalue weighted by molar-refractivity contribution is -0.384. The van der Waals surface area contributed by atoms with Gasteiger partial charge in [-0.25, -0.2) is 0 Å². The molecule has 0 atom stereocenters. The Labute approximate surface area is 108 Å². The van der Waals surface area contributed by atoms with Gasteiger partial charge in [-0.1, -0.05) is 19.8 Å². The number of nitro benzene ring substituents is 1. The molecule has 1 rings (SSSR count). The van der Waals surface area contributed by atoms with Gasteiger partial charge in [-0.3, -0.25) is 10.1 Å². The summed E-state index contributed by atoms with van der Waals surface area (Å²) < 4.78 is 0. The minimum absolute atomic E-state index is 0.0983. The average molecular weight is 251 g/mol. The SMILES string of the molecule is CCCCCN(C)Cc1cc([N+](=O)[O-])ccc1N. The van der Waals surface area contributed by atoms with E-state index >= 15 is 0 Å². The minimum atomic E-state index is -0.389. The molecule has 100 valence electrons. The Morgan fingerprint density at radius 1 is 1.39 bits per heavy atom. The molecule has 0 saturated carbocycles. The molecule has 0 aliphatic heterocycles. The van der Waals surface area contributed by atoms with Crippen molar-refractivity contribution >= 4 is 11.4 Å². The number of anilines is 1. The Kier molecular flexibility index (Phi) is 5.58. The van der Waals surface area contributed by atoms with Crippen molar-refractivity contribution < 1.29 is 4.92 Å². The Morgan fingerprint density at radius 2 is 2.11 bits per heavy atom. The summed E-state index contributed by atoms with van der Waals surface area (Å²) in [4.78, 5) is 12.5. The number of nitrogen functional groups attached to an aromatic ring is 1. The molecule has 18 heavy (non-hydrogen) atoms. The fourth-order valence-corrected chi connectivity index (χ4v) is 1.84. The highest BCUT2D eigenvalue weighted by molar-refractivity contribution is 5.52. The molecule has 0 saturated heterocycles. The van der Waals surface area contributed by atoms with Crippen molar-refractivity contribution in [3.8, 4) is 0 Å². The van der Waals surface area contributed by atoms with E-state index in [9.17, 15) is 10.1 Å². The molecule has 0 bridgehead atoms. The number of rotatable bonds is 7. The monoisotopic (exact) mass is 251 g/mol. The van der Waals surface area contributed by atoms with Gasteiger partial charge in [-0.2, -0.15) is 0 Å². The molecule has 5 nitrogen and oxygen atoms in total. The van der Waals surface area contributed by atoms with Crippen molar-refractivity contribution in [1.29, 1.82) is 0 Å². The smallest absolute Gasteiger partial charge is 0.269 e. The highest BCUT2D eigenvalue weighted by atomic mass is 16.6. The summed E-state index contributed by atoms with van der Waals surface area (Å²) in [5, 5.41) is 10.7. The van der Waals surface area contributed by atoms with Gasteiger partial charge in [0.1, 0.15) is 0 Å². The molecule has 0 aromatic heterocycles. The maximum Gasteiger partial charge on any atom is 0.269 e. The zero-order valence-corrected chi connectivity index (χ0v) is 11.1. The number of nitro groups is 1. The van der Waals surface area contributed by atoms with Gasteiger partial charge in [-0.15, -0.1) is 0 Å². The van der Waals surface area contributed by atoms with Crippen LogP contribution in [0.4, 0.5) is 11.4 Å². The molecule has 5 heteroatoms. The quantitative estimate of drug-likeness (QED) is 0.350. The Bertz CT molecular complexity index is 407. The second-order valence-electron chi connectivity index (χ2n) is 4.59. The van der Waals surface area contributed by atoms with Gasteiger partial charge < -0.3 is 10.6 Å². The Balaban J connectivity index is 2.65. The molecule has 0 spiro atoms. The number of non-ortho nitro benzene ring substituents is 1. The molecule has 0 aliphatic rings. The predicted octanol–water partition coefficient (Wildman–Crippen LogP) is 2.80. The lowest BCUT2D eigenvalue weighted by atomic mass is 10.1. The maximum atomic E-state index is 10.7. The molecule has 0 heterocycles. The molecular formula is C13H21N3O2. The van der Waals surface area contributed by atoms with E-state index < -0.39 is 0 Å². The first-order valence-corrected chi connectivity index (χ1v) is 6.26. The van der Waals surface area contributed by atoms with Crippen LogP contribution in [0.5, 0.6) is 0 Å². The molecule has 0 amide bonds. The summed E-state index contributed by atoms with van der Waals surface area (Å²) in [5.41, 5.74) is 7.38. The van der Waals surface area contributed by atoms with E-state index in [0.29, 0.717) is 12.2 Å². The van der Waals surface area contributed by atoms with E-state index in [-0.39, 0.29) is 10.6 Å². The third-order valence-electron chi connectivity index (χ3n) is 2.92. The zero-order valence-electron chi connectivity index (χ0n) is 11.1. The lowest BCUT2D eigenvalue weighted by Crippen LogP contribution is -2.19. The van der Waals surface area contributed by atoms with Crippen LogP contribution >= 0.6 is 0 Å². The van der Waals surface area contributed by atoms with Crippen LogP contribution in [0.1, 0.15) is 31.7 Å². The Hall–Kier alpha value is -1.62. The summed E-state index contributed by atoms with van der Waals surface area (Å²) >= 11 is 0. The normalized spacial score (nSPS) is 10.8. The number of unbranched alkanes of at least 4 members (excludes halogenated alkanes) is 2. The van der Waals surface area contributed by atoms with E-state index in [0.717, 1.165) is 18.5 Å². The standard InChI is InChI=1S/C13H21N3O2/c1-3-4-5-8-15(2)10-11-9-12(16(17)18)6-7-13(11)14/h6-7,9H,3-5,8,10,14H2,1-2H3. The summed E-state index contributed by atoms with van der Waals surface area (Å²) in [6, 6.07) is 4.61. The van der Waals surface area contributed by atoms with E-state index in [4.69, 9.17) is 5.73 Å². The van der Waals surface area contributed by atoms with Crippen molar-refractivity contribution in [2.24, 2.45) is 0 Å². The first-order chi connectivity index (χ1) is 8.54. The van der Waals surface area contributed by atoms with Gasteiger partial charge >= 0.3 is 0 Å². The molecular weight excluding hydrogens is 230 g/mol. The minimum Gasteiger partial charge on any atom is -0.398 e. The van der Waals surface area contributed by atoms with Gasteiger partial charge in [0, 0.05) is 24.4 Å². The number of hydrogen-bond acceptors (Lipinski definition) is 4. The van der Waals surface area contributed by atoms with Crippen LogP contribution in [0.25, 0.3) is 0 Å². The van der Waals surface area contributed by atoms with Crippen LogP contribution in [0.3, 0.4) is 0 Å². The van der Waals surface area contributed by atoms with Crippen LogP contribution in [-0.2, 0) is 6.54 Å². The molecule has 0 aliphatic carbocycles. The molecule has 1 aromatic carbocycles. The summed E-state index contributed by atoms with van der Waals surface area (Å²) in [6.07, 6.45) is 3.53. The van der Waals surface area contributed by atoms with Crippen LogP contribution in [0.15, 0.2) is 18.2 Å². The first kappa shape index (κ1) is 14.4. The van der Waals surface area contributed by atoms with E-state index in [1.54, 1.807) is 12.1 Å². The molecule has 0 unspecified atom stereocenters. The first-order valence-electron chi connectivity index (χ1n) is 6.26. The second-order valence-corrected chi connectivity index (χ2v) is 4.59. The van der Waals surface area contributed by atoms with Gasteiger partial charge in [0.05, 0.1) is 4.92 Å². The van der Waals surface area contributed by atoms with E-state index in [1.165, 1.54) is 18.9 Å². The highest BCUT2D eigenvalue weighted by Crippen LogP contribution is 2.20. The topological polar surface area (TPSA) is 72.4 Å². The van der Waals surface area contributed by atoms with Gasteiger partial charge in [-0.05, 0) is 31.6 Å². The number of benzene rings is 1. The fraction of sp³-hybridized carbons (Fsp3) is 0.538. The summed E-state index contributed by atoms with van der Waals surface area (Å²) in [7, 11) is 2.01. The van der Waals surface area contributed by atoms with Crippen molar-refractivity contribution in [3.05, 3.63) is 33.9 Å². The molecule has 0 fully saturated rings. The van der Waals surface area contributed by atoms with Gasteiger partial charge in [0.15, 0.2) is 0 Å².